The summed E-state index contributed by atoms with van der Waals surface area (Å²) in [5, 5.41) is 0. The molecular formula is C23H18F3N3O3S. The fourth-order valence-electron chi connectivity index (χ4n) is 3.46. The van der Waals surface area contributed by atoms with Crippen molar-refractivity contribution in [1.82, 2.24) is 14.3 Å². The van der Waals surface area contributed by atoms with Crippen LogP contribution in [0.4, 0.5) is 13.2 Å². The van der Waals surface area contributed by atoms with Gasteiger partial charge >= 0.3 is 6.18 Å². The van der Waals surface area contributed by atoms with Crippen LogP contribution < -0.4 is 4.72 Å². The maximum atomic E-state index is 12.8. The molecule has 0 atom stereocenters. The fourth-order valence-corrected chi connectivity index (χ4v) is 4.45. The zero-order valence-electron chi connectivity index (χ0n) is 17.3. The van der Waals surface area contributed by atoms with Crippen LogP contribution in [0.5, 0.6) is 0 Å². The van der Waals surface area contributed by atoms with Crippen LogP contribution in [0.3, 0.4) is 0 Å². The predicted octanol–water partition coefficient (Wildman–Crippen LogP) is 4.53. The van der Waals surface area contributed by atoms with Gasteiger partial charge in [0.1, 0.15) is 11.3 Å². The second-order valence-corrected chi connectivity index (χ2v) is 9.04. The molecule has 0 saturated carbocycles. The molecule has 1 heterocycles. The van der Waals surface area contributed by atoms with Crippen LogP contribution in [0.25, 0.3) is 11.0 Å². The molecule has 4 aromatic rings. The highest BCUT2D eigenvalue weighted by Gasteiger charge is 2.30. The van der Waals surface area contributed by atoms with E-state index < -0.39 is 27.7 Å². The van der Waals surface area contributed by atoms with Crippen molar-refractivity contribution in [2.45, 2.75) is 24.5 Å². The Hall–Kier alpha value is -3.66. The lowest BCUT2D eigenvalue weighted by Gasteiger charge is -2.10. The van der Waals surface area contributed by atoms with Crippen molar-refractivity contribution >= 4 is 27.0 Å². The maximum absolute atomic E-state index is 12.8. The van der Waals surface area contributed by atoms with Gasteiger partial charge in [0.05, 0.1) is 21.5 Å². The van der Waals surface area contributed by atoms with E-state index in [-0.39, 0.29) is 17.0 Å². The zero-order valence-corrected chi connectivity index (χ0v) is 18.1. The Balaban J connectivity index is 1.65. The number of amides is 1. The van der Waals surface area contributed by atoms with Crippen molar-refractivity contribution in [1.29, 1.82) is 0 Å². The lowest BCUT2D eigenvalue weighted by Crippen LogP contribution is -2.30. The number of halogens is 3. The van der Waals surface area contributed by atoms with Crippen LogP contribution in [0.2, 0.25) is 0 Å². The summed E-state index contributed by atoms with van der Waals surface area (Å²) in [6.45, 7) is 1.93. The molecule has 4 rings (SSSR count). The molecule has 1 aromatic heterocycles. The van der Waals surface area contributed by atoms with Crippen LogP contribution in [0.1, 0.15) is 27.3 Å². The molecule has 0 spiro atoms. The number of rotatable bonds is 5. The zero-order chi connectivity index (χ0) is 23.8. The van der Waals surface area contributed by atoms with Crippen molar-refractivity contribution in [3.63, 3.8) is 0 Å². The first-order valence-electron chi connectivity index (χ1n) is 9.80. The first kappa shape index (κ1) is 22.5. The van der Waals surface area contributed by atoms with E-state index in [2.05, 4.69) is 9.71 Å². The Bertz CT molecular complexity index is 1430. The lowest BCUT2D eigenvalue weighted by atomic mass is 10.1. The van der Waals surface area contributed by atoms with Gasteiger partial charge in [0.2, 0.25) is 0 Å². The second kappa shape index (κ2) is 8.36. The highest BCUT2D eigenvalue weighted by atomic mass is 32.2. The summed E-state index contributed by atoms with van der Waals surface area (Å²) in [5.41, 5.74) is 0.796. The van der Waals surface area contributed by atoms with Gasteiger partial charge in [-0.05, 0) is 48.9 Å². The van der Waals surface area contributed by atoms with E-state index in [4.69, 9.17) is 0 Å². The van der Waals surface area contributed by atoms with Crippen LogP contribution >= 0.6 is 0 Å². The van der Waals surface area contributed by atoms with Crippen molar-refractivity contribution in [3.8, 4) is 0 Å². The number of carbonyl (C=O) groups is 1. The van der Waals surface area contributed by atoms with Gasteiger partial charge in [0.15, 0.2) is 0 Å². The summed E-state index contributed by atoms with van der Waals surface area (Å²) in [6.07, 6.45) is -4.42. The maximum Gasteiger partial charge on any atom is 0.416 e. The molecule has 6 nitrogen and oxygen atoms in total. The molecular weight excluding hydrogens is 455 g/mol. The molecule has 1 N–H and O–H groups in total. The van der Waals surface area contributed by atoms with Gasteiger partial charge in [-0.2, -0.15) is 13.2 Å². The molecule has 0 bridgehead atoms. The van der Waals surface area contributed by atoms with Crippen LogP contribution in [-0.2, 0) is 22.7 Å². The predicted molar refractivity (Wildman–Crippen MR) is 116 cm³/mol. The SMILES string of the molecule is Cc1nc2c(C(=O)NS(=O)(=O)c3ccccc3)cccc2n1Cc1ccc(C(F)(F)F)cc1. The number of benzene rings is 3. The summed E-state index contributed by atoms with van der Waals surface area (Å²) >= 11 is 0. The number of imidazole rings is 1. The van der Waals surface area contributed by atoms with Gasteiger partial charge in [-0.25, -0.2) is 18.1 Å². The number of sulfonamides is 1. The summed E-state index contributed by atoms with van der Waals surface area (Å²) in [6, 6.07) is 17.1. The molecule has 0 fully saturated rings. The third-order valence-corrected chi connectivity index (χ3v) is 6.46. The largest absolute Gasteiger partial charge is 0.416 e. The van der Waals surface area contributed by atoms with E-state index in [9.17, 15) is 26.4 Å². The molecule has 0 radical (unpaired) electrons. The molecule has 170 valence electrons. The Morgan fingerprint density at radius 1 is 0.970 bits per heavy atom. The van der Waals surface area contributed by atoms with Crippen LogP contribution in [0.15, 0.2) is 77.7 Å². The molecule has 1 amide bonds. The Morgan fingerprint density at radius 3 is 2.27 bits per heavy atom. The third kappa shape index (κ3) is 4.61. The molecule has 10 heteroatoms. The van der Waals surface area contributed by atoms with Gasteiger partial charge in [-0.3, -0.25) is 4.79 Å². The summed E-state index contributed by atoms with van der Waals surface area (Å²) < 4.78 is 67.3. The van der Waals surface area contributed by atoms with Crippen molar-refractivity contribution in [2.75, 3.05) is 0 Å². The van der Waals surface area contributed by atoms with E-state index in [1.54, 1.807) is 41.8 Å². The van der Waals surface area contributed by atoms with Gasteiger partial charge in [0.25, 0.3) is 15.9 Å². The molecule has 0 unspecified atom stereocenters. The number of alkyl halides is 3. The summed E-state index contributed by atoms with van der Waals surface area (Å²) in [7, 11) is -4.07. The van der Waals surface area contributed by atoms with E-state index in [0.717, 1.165) is 12.1 Å². The lowest BCUT2D eigenvalue weighted by molar-refractivity contribution is -0.137. The van der Waals surface area contributed by atoms with Gasteiger partial charge in [-0.15, -0.1) is 0 Å². The third-order valence-electron chi connectivity index (χ3n) is 5.12. The quantitative estimate of drug-likeness (QED) is 0.462. The Kier molecular flexibility index (Phi) is 5.71. The minimum Gasteiger partial charge on any atom is -0.324 e. The topological polar surface area (TPSA) is 81.1 Å². The monoisotopic (exact) mass is 473 g/mol. The van der Waals surface area contributed by atoms with E-state index in [0.29, 0.717) is 22.4 Å². The van der Waals surface area contributed by atoms with Crippen LogP contribution in [0, 0.1) is 6.92 Å². The smallest absolute Gasteiger partial charge is 0.324 e. The average Bonchev–Trinajstić information content (AvgIpc) is 3.09. The number of nitrogens with zero attached hydrogens (tertiary/aromatic N) is 2. The van der Waals surface area contributed by atoms with E-state index >= 15 is 0 Å². The van der Waals surface area contributed by atoms with Gasteiger partial charge < -0.3 is 4.57 Å². The van der Waals surface area contributed by atoms with Crippen molar-refractivity contribution in [3.05, 3.63) is 95.3 Å². The van der Waals surface area contributed by atoms with Gasteiger partial charge in [0, 0.05) is 6.54 Å². The summed E-state index contributed by atoms with van der Waals surface area (Å²) in [4.78, 5) is 17.2. The Labute approximate surface area is 187 Å². The van der Waals surface area contributed by atoms with Gasteiger partial charge in [-0.1, -0.05) is 36.4 Å². The van der Waals surface area contributed by atoms with E-state index in [1.807, 2.05) is 0 Å². The molecule has 0 aliphatic carbocycles. The molecule has 3 aromatic carbocycles. The average molecular weight is 473 g/mol. The molecule has 0 aliphatic heterocycles. The van der Waals surface area contributed by atoms with Crippen LogP contribution in [-0.4, -0.2) is 23.9 Å². The van der Waals surface area contributed by atoms with Crippen molar-refractivity contribution in [2.24, 2.45) is 0 Å². The number of aryl methyl sites for hydroxylation is 1. The molecule has 0 aliphatic rings. The Morgan fingerprint density at radius 2 is 1.64 bits per heavy atom. The first-order chi connectivity index (χ1) is 15.6. The number of fused-ring (bicyclic) bond motifs is 1. The number of hydrogen-bond acceptors (Lipinski definition) is 4. The normalized spacial score (nSPS) is 12.1. The molecule has 33 heavy (non-hydrogen) atoms. The number of hydrogen-bond donors (Lipinski definition) is 1. The van der Waals surface area contributed by atoms with E-state index in [1.165, 1.54) is 30.3 Å². The molecule has 0 saturated heterocycles. The highest BCUT2D eigenvalue weighted by molar-refractivity contribution is 7.90. The first-order valence-corrected chi connectivity index (χ1v) is 11.3. The van der Waals surface area contributed by atoms with Crippen molar-refractivity contribution < 1.29 is 26.4 Å². The minimum atomic E-state index is -4.42. The fraction of sp³-hybridized carbons (Fsp3) is 0.130. The minimum absolute atomic E-state index is 0.0467. The highest BCUT2D eigenvalue weighted by Crippen LogP contribution is 2.29. The standard InChI is InChI=1S/C23H18F3N3O3S/c1-15-27-21-19(22(30)28-33(31,32)18-6-3-2-4-7-18)8-5-9-20(21)29(15)14-16-10-12-17(13-11-16)23(24,25)26/h2-13H,14H2,1H3,(H,28,30). The number of aromatic nitrogens is 2. The number of carbonyl (C=O) groups excluding carboxylic acids is 1. The summed E-state index contributed by atoms with van der Waals surface area (Å²) in [5.74, 6) is -0.306. The second-order valence-electron chi connectivity index (χ2n) is 7.36. The number of para-hydroxylation sites is 1. The number of nitrogens with one attached hydrogen (secondary N) is 1.